The minimum absolute atomic E-state index is 0.101. The lowest BCUT2D eigenvalue weighted by atomic mass is 10.2. The van der Waals surface area contributed by atoms with Crippen LogP contribution >= 0.6 is 0 Å². The Morgan fingerprint density at radius 3 is 3.14 bits per heavy atom. The van der Waals surface area contributed by atoms with Crippen molar-refractivity contribution in [1.82, 2.24) is 14.5 Å². The number of aromatic nitrogens is 2. The molecule has 3 rings (SSSR count). The summed E-state index contributed by atoms with van der Waals surface area (Å²) >= 11 is 0. The number of ether oxygens (including phenoxy) is 1. The summed E-state index contributed by atoms with van der Waals surface area (Å²) in [6, 6.07) is 7.72. The van der Waals surface area contributed by atoms with Crippen molar-refractivity contribution in [3.05, 3.63) is 23.8 Å². The smallest absolute Gasteiger partial charge is 0.201 e. The molecule has 0 radical (unpaired) electrons. The topological polar surface area (TPSA) is 80.1 Å². The van der Waals surface area contributed by atoms with Crippen molar-refractivity contribution in [2.24, 2.45) is 0 Å². The van der Waals surface area contributed by atoms with Gasteiger partial charge in [-0.05, 0) is 18.7 Å². The molecular formula is C15H19N5O. The van der Waals surface area contributed by atoms with Gasteiger partial charge in [0.05, 0.1) is 30.3 Å². The van der Waals surface area contributed by atoms with Gasteiger partial charge in [0, 0.05) is 13.1 Å². The first-order valence-corrected chi connectivity index (χ1v) is 7.21. The van der Waals surface area contributed by atoms with Gasteiger partial charge >= 0.3 is 0 Å². The second kappa shape index (κ2) is 5.72. The molecular weight excluding hydrogens is 266 g/mol. The average Bonchev–Trinajstić information content (AvgIpc) is 2.83. The summed E-state index contributed by atoms with van der Waals surface area (Å²) in [5.41, 5.74) is 8.15. The van der Waals surface area contributed by atoms with Gasteiger partial charge in [-0.25, -0.2) is 4.98 Å². The second-order valence-electron chi connectivity index (χ2n) is 5.25. The number of imidazole rings is 1. The molecule has 1 aliphatic rings. The molecule has 21 heavy (non-hydrogen) atoms. The number of nitrogens with two attached hydrogens (primary N) is 1. The molecule has 0 bridgehead atoms. The number of fused-ring (bicyclic) bond motifs is 1. The van der Waals surface area contributed by atoms with E-state index in [1.54, 1.807) is 6.07 Å². The molecule has 0 aliphatic carbocycles. The first-order valence-electron chi connectivity index (χ1n) is 7.21. The first kappa shape index (κ1) is 13.9. The Bertz CT molecular complexity index is 687. The van der Waals surface area contributed by atoms with Crippen LogP contribution in [0.3, 0.4) is 0 Å². The number of para-hydroxylation sites is 1. The molecule has 1 saturated heterocycles. The molecule has 1 aliphatic heterocycles. The molecule has 0 spiro atoms. The number of hydrogen-bond donors (Lipinski definition) is 1. The van der Waals surface area contributed by atoms with E-state index in [4.69, 9.17) is 15.7 Å². The molecule has 2 N–H and O–H groups in total. The quantitative estimate of drug-likeness (QED) is 0.917. The Balaban J connectivity index is 1.90. The van der Waals surface area contributed by atoms with Gasteiger partial charge in [0.25, 0.3) is 0 Å². The van der Waals surface area contributed by atoms with Crippen molar-refractivity contribution in [3.63, 3.8) is 0 Å². The summed E-state index contributed by atoms with van der Waals surface area (Å²) in [7, 11) is 0. The normalized spacial score (nSPS) is 19.7. The highest BCUT2D eigenvalue weighted by Gasteiger charge is 2.22. The second-order valence-corrected chi connectivity index (χ2v) is 5.25. The van der Waals surface area contributed by atoms with E-state index in [2.05, 4.69) is 22.9 Å². The summed E-state index contributed by atoms with van der Waals surface area (Å²) in [6.07, 6.45) is 0.101. The number of nitriles is 1. The zero-order valence-corrected chi connectivity index (χ0v) is 12.1. The van der Waals surface area contributed by atoms with Crippen LogP contribution < -0.4 is 5.73 Å². The van der Waals surface area contributed by atoms with E-state index in [9.17, 15) is 0 Å². The Hall–Kier alpha value is -2.10. The highest BCUT2D eigenvalue weighted by molar-refractivity contribution is 5.83. The standard InChI is InChI=1S/C15H19N5O/c1-2-19-6-7-21-12(9-19)10-20-13-5-3-4-11(8-16)14(13)18-15(20)17/h3-5,12H,2,6-7,9-10H2,1H3,(H2,17,18). The molecule has 2 aromatic rings. The predicted molar refractivity (Wildman–Crippen MR) is 80.7 cm³/mol. The lowest BCUT2D eigenvalue weighted by molar-refractivity contribution is -0.0335. The predicted octanol–water partition coefficient (Wildman–Crippen LogP) is 1.21. The fourth-order valence-corrected chi connectivity index (χ4v) is 2.83. The van der Waals surface area contributed by atoms with E-state index in [0.29, 0.717) is 23.6 Å². The van der Waals surface area contributed by atoms with Gasteiger partial charge < -0.3 is 15.0 Å². The Labute approximate surface area is 123 Å². The van der Waals surface area contributed by atoms with Gasteiger partial charge in [0.15, 0.2) is 0 Å². The number of benzene rings is 1. The fraction of sp³-hybridized carbons (Fsp3) is 0.467. The number of morpholine rings is 1. The number of anilines is 1. The summed E-state index contributed by atoms with van der Waals surface area (Å²) in [4.78, 5) is 6.70. The van der Waals surface area contributed by atoms with E-state index in [0.717, 1.165) is 31.8 Å². The van der Waals surface area contributed by atoms with Crippen LogP contribution in [-0.4, -0.2) is 46.8 Å². The minimum Gasteiger partial charge on any atom is -0.374 e. The largest absolute Gasteiger partial charge is 0.374 e. The van der Waals surface area contributed by atoms with Gasteiger partial charge in [-0.3, -0.25) is 4.90 Å². The lowest BCUT2D eigenvalue weighted by Gasteiger charge is -2.32. The van der Waals surface area contributed by atoms with Crippen LogP contribution in [0.4, 0.5) is 5.95 Å². The van der Waals surface area contributed by atoms with Crippen LogP contribution in [-0.2, 0) is 11.3 Å². The SMILES string of the molecule is CCN1CCOC(Cn2c(N)nc3c(C#N)cccc32)C1. The maximum absolute atomic E-state index is 9.15. The zero-order valence-electron chi connectivity index (χ0n) is 12.1. The van der Waals surface area contributed by atoms with Crippen LogP contribution in [0.15, 0.2) is 18.2 Å². The van der Waals surface area contributed by atoms with Crippen LogP contribution in [0, 0.1) is 11.3 Å². The van der Waals surface area contributed by atoms with Crippen molar-refractivity contribution in [3.8, 4) is 6.07 Å². The molecule has 6 nitrogen and oxygen atoms in total. The molecule has 1 aromatic heterocycles. The molecule has 1 unspecified atom stereocenters. The number of likely N-dealkylation sites (N-methyl/N-ethyl adjacent to an activating group) is 1. The molecule has 2 heterocycles. The average molecular weight is 285 g/mol. The Kier molecular flexibility index (Phi) is 3.78. The van der Waals surface area contributed by atoms with Gasteiger partial charge in [-0.15, -0.1) is 0 Å². The molecule has 0 amide bonds. The Morgan fingerprint density at radius 2 is 2.38 bits per heavy atom. The number of nitrogens with zero attached hydrogens (tertiary/aromatic N) is 4. The fourth-order valence-electron chi connectivity index (χ4n) is 2.83. The summed E-state index contributed by atoms with van der Waals surface area (Å²) in [5, 5.41) is 9.15. The highest BCUT2D eigenvalue weighted by atomic mass is 16.5. The minimum atomic E-state index is 0.101. The third-order valence-corrected chi connectivity index (χ3v) is 3.99. The molecule has 1 fully saturated rings. The van der Waals surface area contributed by atoms with E-state index in [1.165, 1.54) is 0 Å². The molecule has 1 aromatic carbocycles. The van der Waals surface area contributed by atoms with E-state index >= 15 is 0 Å². The van der Waals surface area contributed by atoms with Crippen LogP contribution in [0.5, 0.6) is 0 Å². The number of hydrogen-bond acceptors (Lipinski definition) is 5. The monoisotopic (exact) mass is 285 g/mol. The van der Waals surface area contributed by atoms with Crippen LogP contribution in [0.25, 0.3) is 11.0 Å². The lowest BCUT2D eigenvalue weighted by Crippen LogP contribution is -2.44. The van der Waals surface area contributed by atoms with Crippen molar-refractivity contribution in [1.29, 1.82) is 5.26 Å². The van der Waals surface area contributed by atoms with E-state index in [1.807, 2.05) is 16.7 Å². The number of rotatable bonds is 3. The van der Waals surface area contributed by atoms with Crippen LogP contribution in [0.1, 0.15) is 12.5 Å². The third kappa shape index (κ3) is 2.58. The summed E-state index contributed by atoms with van der Waals surface area (Å²) in [6.45, 7) is 6.46. The first-order chi connectivity index (χ1) is 10.2. The van der Waals surface area contributed by atoms with E-state index in [-0.39, 0.29) is 6.10 Å². The van der Waals surface area contributed by atoms with Crippen LogP contribution in [0.2, 0.25) is 0 Å². The maximum atomic E-state index is 9.15. The molecule has 1 atom stereocenters. The Morgan fingerprint density at radius 1 is 1.52 bits per heavy atom. The van der Waals surface area contributed by atoms with Gasteiger partial charge in [0.2, 0.25) is 5.95 Å². The maximum Gasteiger partial charge on any atom is 0.201 e. The van der Waals surface area contributed by atoms with Gasteiger partial charge in [0.1, 0.15) is 11.6 Å². The van der Waals surface area contributed by atoms with Crippen molar-refractivity contribution < 1.29 is 4.74 Å². The summed E-state index contributed by atoms with van der Waals surface area (Å²) < 4.78 is 7.78. The molecule has 6 heteroatoms. The van der Waals surface area contributed by atoms with E-state index < -0.39 is 0 Å². The summed E-state index contributed by atoms with van der Waals surface area (Å²) in [5.74, 6) is 0.435. The van der Waals surface area contributed by atoms with Crippen molar-refractivity contribution in [2.45, 2.75) is 19.6 Å². The third-order valence-electron chi connectivity index (χ3n) is 3.99. The van der Waals surface area contributed by atoms with Crippen molar-refractivity contribution >= 4 is 17.0 Å². The zero-order chi connectivity index (χ0) is 14.8. The van der Waals surface area contributed by atoms with Gasteiger partial charge in [-0.2, -0.15) is 5.26 Å². The molecule has 0 saturated carbocycles. The highest BCUT2D eigenvalue weighted by Crippen LogP contribution is 2.22. The van der Waals surface area contributed by atoms with Crippen molar-refractivity contribution in [2.75, 3.05) is 32.0 Å². The molecule has 110 valence electrons. The van der Waals surface area contributed by atoms with Gasteiger partial charge in [-0.1, -0.05) is 13.0 Å². The number of nitrogen functional groups attached to an aromatic ring is 1.